The Kier molecular flexibility index (Phi) is 3.47. The van der Waals surface area contributed by atoms with Gasteiger partial charge < -0.3 is 10.5 Å². The van der Waals surface area contributed by atoms with Crippen LogP contribution in [0, 0.1) is 0 Å². The molecule has 1 aromatic heterocycles. The smallest absolute Gasteiger partial charge is 0.201 e. The quantitative estimate of drug-likeness (QED) is 0.843. The topological polar surface area (TPSA) is 61.0 Å². The first-order chi connectivity index (χ1) is 6.05. The molecule has 72 valence electrons. The van der Waals surface area contributed by atoms with Gasteiger partial charge >= 0.3 is 0 Å². The van der Waals surface area contributed by atoms with E-state index in [4.69, 9.17) is 22.1 Å². The maximum absolute atomic E-state index is 5.91. The Morgan fingerprint density at radius 1 is 1.77 bits per heavy atom. The zero-order chi connectivity index (χ0) is 9.90. The fourth-order valence-electron chi connectivity index (χ4n) is 0.798. The minimum Gasteiger partial charge on any atom is -0.383 e. The second-order valence-corrected chi connectivity index (χ2v) is 4.80. The van der Waals surface area contributed by atoms with Crippen LogP contribution in [0.15, 0.2) is 12.5 Å². The molecule has 13 heavy (non-hydrogen) atoms. The van der Waals surface area contributed by atoms with Crippen LogP contribution in [-0.4, -0.2) is 21.0 Å². The standard InChI is InChI=1S/C7H9BrClN3O/c1-13-7(8,9)2-5-3-11-4-12-6(5)10/h3-4H,2H2,1H3,(H2,10,11,12). The van der Waals surface area contributed by atoms with E-state index < -0.39 is 3.97 Å². The summed E-state index contributed by atoms with van der Waals surface area (Å²) in [4.78, 5) is 7.67. The molecule has 0 aliphatic heterocycles. The van der Waals surface area contributed by atoms with Gasteiger partial charge in [0.15, 0.2) is 0 Å². The molecule has 0 saturated heterocycles. The van der Waals surface area contributed by atoms with Gasteiger partial charge in [-0.1, -0.05) is 11.6 Å². The number of halogens is 2. The highest BCUT2D eigenvalue weighted by Gasteiger charge is 2.24. The molecule has 0 amide bonds. The molecule has 0 spiro atoms. The predicted octanol–water partition coefficient (Wildman–Crippen LogP) is 1.54. The Hall–Kier alpha value is -0.390. The number of hydrogen-bond acceptors (Lipinski definition) is 4. The minimum atomic E-state index is -0.939. The third kappa shape index (κ3) is 3.10. The Morgan fingerprint density at radius 2 is 2.46 bits per heavy atom. The molecule has 2 N–H and O–H groups in total. The van der Waals surface area contributed by atoms with E-state index in [0.29, 0.717) is 12.2 Å². The average molecular weight is 267 g/mol. The monoisotopic (exact) mass is 265 g/mol. The Morgan fingerprint density at radius 3 is 3.00 bits per heavy atom. The molecule has 1 heterocycles. The van der Waals surface area contributed by atoms with Crippen molar-refractivity contribution in [1.82, 2.24) is 9.97 Å². The normalized spacial score (nSPS) is 15.3. The van der Waals surface area contributed by atoms with Crippen molar-refractivity contribution in [2.45, 2.75) is 10.4 Å². The maximum Gasteiger partial charge on any atom is 0.201 e. The number of ether oxygens (including phenoxy) is 1. The van der Waals surface area contributed by atoms with Gasteiger partial charge in [0.1, 0.15) is 12.1 Å². The summed E-state index contributed by atoms with van der Waals surface area (Å²) in [6, 6.07) is 0. The molecule has 4 nitrogen and oxygen atoms in total. The second-order valence-electron chi connectivity index (χ2n) is 2.45. The Labute approximate surface area is 89.6 Å². The van der Waals surface area contributed by atoms with E-state index in [1.165, 1.54) is 13.4 Å². The van der Waals surface area contributed by atoms with Crippen LogP contribution in [0.4, 0.5) is 5.82 Å². The van der Waals surface area contributed by atoms with E-state index in [-0.39, 0.29) is 0 Å². The van der Waals surface area contributed by atoms with Crippen molar-refractivity contribution >= 4 is 33.3 Å². The number of nitrogens with two attached hydrogens (primary N) is 1. The van der Waals surface area contributed by atoms with Gasteiger partial charge in [-0.15, -0.1) is 0 Å². The molecule has 1 unspecified atom stereocenters. The van der Waals surface area contributed by atoms with Crippen LogP contribution in [0.2, 0.25) is 0 Å². The summed E-state index contributed by atoms with van der Waals surface area (Å²) in [6.07, 6.45) is 3.40. The molecule has 0 aromatic carbocycles. The highest BCUT2D eigenvalue weighted by molar-refractivity contribution is 9.10. The molecule has 0 aliphatic carbocycles. The molecule has 0 saturated carbocycles. The first-order valence-electron chi connectivity index (χ1n) is 3.52. The average Bonchev–Trinajstić information content (AvgIpc) is 2.09. The lowest BCUT2D eigenvalue weighted by Crippen LogP contribution is -2.19. The summed E-state index contributed by atoms with van der Waals surface area (Å²) in [5.74, 6) is 0.413. The highest BCUT2D eigenvalue weighted by Crippen LogP contribution is 2.29. The lowest BCUT2D eigenvalue weighted by Gasteiger charge is -2.17. The van der Waals surface area contributed by atoms with Gasteiger partial charge in [-0.05, 0) is 15.9 Å². The highest BCUT2D eigenvalue weighted by atomic mass is 79.9. The van der Waals surface area contributed by atoms with Crippen LogP contribution >= 0.6 is 27.5 Å². The SMILES string of the molecule is COC(Cl)(Br)Cc1cncnc1N. The molecule has 0 radical (unpaired) electrons. The van der Waals surface area contributed by atoms with Crippen LogP contribution < -0.4 is 5.73 Å². The van der Waals surface area contributed by atoms with Crippen molar-refractivity contribution in [3.05, 3.63) is 18.1 Å². The number of alkyl halides is 2. The van der Waals surface area contributed by atoms with Gasteiger partial charge in [0, 0.05) is 25.3 Å². The second kappa shape index (κ2) is 4.21. The number of methoxy groups -OCH3 is 1. The summed E-state index contributed by atoms with van der Waals surface area (Å²) in [5.41, 5.74) is 6.34. The number of hydrogen-bond donors (Lipinski definition) is 1. The van der Waals surface area contributed by atoms with Gasteiger partial charge in [-0.25, -0.2) is 9.97 Å². The summed E-state index contributed by atoms with van der Waals surface area (Å²) < 4.78 is 4.03. The van der Waals surface area contributed by atoms with Gasteiger partial charge in [-0.3, -0.25) is 0 Å². The van der Waals surface area contributed by atoms with Crippen molar-refractivity contribution in [2.75, 3.05) is 12.8 Å². The zero-order valence-corrected chi connectivity index (χ0v) is 9.34. The largest absolute Gasteiger partial charge is 0.383 e. The predicted molar refractivity (Wildman–Crippen MR) is 54.7 cm³/mol. The van der Waals surface area contributed by atoms with Gasteiger partial charge in [0.05, 0.1) is 0 Å². The summed E-state index contributed by atoms with van der Waals surface area (Å²) >= 11 is 9.09. The molecular formula is C7H9BrClN3O. The van der Waals surface area contributed by atoms with Crippen LogP contribution in [0.1, 0.15) is 5.56 Å². The van der Waals surface area contributed by atoms with Crippen molar-refractivity contribution < 1.29 is 4.74 Å². The molecule has 6 heteroatoms. The Bertz CT molecular complexity index is 295. The molecule has 0 aliphatic rings. The van der Waals surface area contributed by atoms with Crippen LogP contribution in [0.3, 0.4) is 0 Å². The van der Waals surface area contributed by atoms with Crippen molar-refractivity contribution in [2.24, 2.45) is 0 Å². The van der Waals surface area contributed by atoms with Crippen molar-refractivity contribution in [3.8, 4) is 0 Å². The third-order valence-electron chi connectivity index (χ3n) is 1.52. The van der Waals surface area contributed by atoms with Crippen LogP contribution in [-0.2, 0) is 11.2 Å². The fourth-order valence-corrected chi connectivity index (χ4v) is 1.24. The zero-order valence-electron chi connectivity index (χ0n) is 7.00. The van der Waals surface area contributed by atoms with E-state index in [1.54, 1.807) is 6.20 Å². The number of rotatable bonds is 3. The molecule has 0 bridgehead atoms. The van der Waals surface area contributed by atoms with E-state index in [0.717, 1.165) is 5.56 Å². The lowest BCUT2D eigenvalue weighted by atomic mass is 10.2. The molecule has 0 fully saturated rings. The van der Waals surface area contributed by atoms with E-state index in [1.807, 2.05) is 0 Å². The lowest BCUT2D eigenvalue weighted by molar-refractivity contribution is 0.146. The summed E-state index contributed by atoms with van der Waals surface area (Å²) in [5, 5.41) is 0. The van der Waals surface area contributed by atoms with Gasteiger partial charge in [0.25, 0.3) is 0 Å². The summed E-state index contributed by atoms with van der Waals surface area (Å²) in [7, 11) is 1.50. The van der Waals surface area contributed by atoms with E-state index in [9.17, 15) is 0 Å². The van der Waals surface area contributed by atoms with Crippen molar-refractivity contribution in [1.29, 1.82) is 0 Å². The molecule has 1 atom stereocenters. The van der Waals surface area contributed by atoms with Crippen LogP contribution in [0.5, 0.6) is 0 Å². The van der Waals surface area contributed by atoms with E-state index in [2.05, 4.69) is 25.9 Å². The Balaban J connectivity index is 2.80. The van der Waals surface area contributed by atoms with E-state index >= 15 is 0 Å². The minimum absolute atomic E-state index is 0.401. The first kappa shape index (κ1) is 10.7. The maximum atomic E-state index is 5.91. The van der Waals surface area contributed by atoms with Crippen molar-refractivity contribution in [3.63, 3.8) is 0 Å². The number of nitrogens with zero attached hydrogens (tertiary/aromatic N) is 2. The third-order valence-corrected chi connectivity index (χ3v) is 2.41. The van der Waals surface area contributed by atoms with Gasteiger partial charge in [-0.2, -0.15) is 0 Å². The number of aromatic nitrogens is 2. The van der Waals surface area contributed by atoms with Crippen LogP contribution in [0.25, 0.3) is 0 Å². The number of anilines is 1. The molecule has 1 aromatic rings. The molecular weight excluding hydrogens is 257 g/mol. The summed E-state index contributed by atoms with van der Waals surface area (Å²) in [6.45, 7) is 0. The van der Waals surface area contributed by atoms with Gasteiger partial charge in [0.2, 0.25) is 3.97 Å². The fraction of sp³-hybridized carbons (Fsp3) is 0.429. The first-order valence-corrected chi connectivity index (χ1v) is 4.69. The number of nitrogen functional groups attached to an aromatic ring is 1. The molecule has 1 rings (SSSR count).